The largest absolute Gasteiger partial charge is 0.488 e. The van der Waals surface area contributed by atoms with Crippen LogP contribution in [0, 0.1) is 5.82 Å². The van der Waals surface area contributed by atoms with Crippen molar-refractivity contribution < 1.29 is 14.4 Å². The lowest BCUT2D eigenvalue weighted by Gasteiger charge is -2.04. The van der Waals surface area contributed by atoms with E-state index >= 15 is 0 Å². The molecule has 0 aliphatic rings. The second kappa shape index (κ2) is 5.68. The van der Waals surface area contributed by atoms with Crippen LogP contribution in [0.5, 0.6) is 0 Å². The molecule has 0 fully saturated rings. The Kier molecular flexibility index (Phi) is 4.23. The fraction of sp³-hybridized carbons (Fsp3) is 0.0909. The average Bonchev–Trinajstić information content (AvgIpc) is 2.80. The third kappa shape index (κ3) is 3.32. The fourth-order valence-corrected chi connectivity index (χ4v) is 3.11. The molecule has 2 nitrogen and oxygen atoms in total. The predicted molar refractivity (Wildman–Crippen MR) is 70.1 cm³/mol. The molecule has 0 spiro atoms. The molecule has 1 aromatic heterocycles. The van der Waals surface area contributed by atoms with Gasteiger partial charge in [-0.15, -0.1) is 23.1 Å². The van der Waals surface area contributed by atoms with Gasteiger partial charge in [-0.2, -0.15) is 0 Å². The summed E-state index contributed by atoms with van der Waals surface area (Å²) in [5, 5.41) is 19.8. The van der Waals surface area contributed by atoms with E-state index in [1.807, 2.05) is 17.5 Å². The van der Waals surface area contributed by atoms with Crippen LogP contribution in [0.15, 0.2) is 39.9 Å². The van der Waals surface area contributed by atoms with Crippen molar-refractivity contribution >= 4 is 35.7 Å². The zero-order valence-corrected chi connectivity index (χ0v) is 10.5. The van der Waals surface area contributed by atoms with Crippen LogP contribution >= 0.6 is 23.1 Å². The van der Waals surface area contributed by atoms with Crippen molar-refractivity contribution in [3.05, 3.63) is 47.1 Å². The molecule has 0 atom stereocenters. The quantitative estimate of drug-likeness (QED) is 0.657. The summed E-state index contributed by atoms with van der Waals surface area (Å²) in [6, 6.07) is 8.21. The van der Waals surface area contributed by atoms with E-state index < -0.39 is 12.9 Å². The summed E-state index contributed by atoms with van der Waals surface area (Å²) < 4.78 is 14.7. The smallest absolute Gasteiger partial charge is 0.423 e. The molecule has 1 heterocycles. The van der Waals surface area contributed by atoms with Crippen LogP contribution in [0.3, 0.4) is 0 Å². The van der Waals surface area contributed by atoms with Crippen LogP contribution in [0.25, 0.3) is 0 Å². The number of benzene rings is 1. The summed E-state index contributed by atoms with van der Waals surface area (Å²) in [4.78, 5) is 0. The number of thiophene rings is 1. The SMILES string of the molecule is OB(O)c1ccc(CSc2cccs2)c(F)c1. The number of halogens is 1. The van der Waals surface area contributed by atoms with E-state index in [1.165, 1.54) is 6.07 Å². The van der Waals surface area contributed by atoms with Crippen molar-refractivity contribution in [1.29, 1.82) is 0 Å². The minimum atomic E-state index is -1.62. The Labute approximate surface area is 107 Å². The highest BCUT2D eigenvalue weighted by atomic mass is 32.2. The molecule has 0 aliphatic carbocycles. The zero-order valence-electron chi connectivity index (χ0n) is 8.84. The van der Waals surface area contributed by atoms with E-state index in [0.29, 0.717) is 11.3 Å². The molecule has 0 unspecified atom stereocenters. The normalized spacial score (nSPS) is 10.5. The Morgan fingerprint density at radius 1 is 1.29 bits per heavy atom. The Bertz CT molecular complexity index is 488. The van der Waals surface area contributed by atoms with Crippen LogP contribution in [-0.4, -0.2) is 17.2 Å². The van der Waals surface area contributed by atoms with Crippen molar-refractivity contribution in [2.45, 2.75) is 9.96 Å². The van der Waals surface area contributed by atoms with Crippen molar-refractivity contribution in [3.8, 4) is 0 Å². The van der Waals surface area contributed by atoms with Crippen molar-refractivity contribution in [2.75, 3.05) is 0 Å². The lowest BCUT2D eigenvalue weighted by Crippen LogP contribution is -2.30. The maximum Gasteiger partial charge on any atom is 0.488 e. The molecule has 2 rings (SSSR count). The average molecular weight is 268 g/mol. The molecular formula is C11H10BFO2S2. The molecule has 0 saturated carbocycles. The Hall–Kier alpha value is -0.815. The van der Waals surface area contributed by atoms with Crippen LogP contribution in [0.2, 0.25) is 0 Å². The van der Waals surface area contributed by atoms with Gasteiger partial charge in [-0.1, -0.05) is 18.2 Å². The third-order valence-corrected chi connectivity index (χ3v) is 4.42. The molecule has 1 aromatic carbocycles. The molecule has 0 aliphatic heterocycles. The van der Waals surface area contributed by atoms with Crippen molar-refractivity contribution in [2.24, 2.45) is 0 Å². The fourth-order valence-electron chi connectivity index (χ4n) is 1.34. The number of rotatable bonds is 4. The van der Waals surface area contributed by atoms with Gasteiger partial charge in [0.1, 0.15) is 5.82 Å². The van der Waals surface area contributed by atoms with Crippen LogP contribution < -0.4 is 5.46 Å². The van der Waals surface area contributed by atoms with Crippen molar-refractivity contribution in [1.82, 2.24) is 0 Å². The molecule has 2 aromatic rings. The summed E-state index contributed by atoms with van der Waals surface area (Å²) in [5.41, 5.74) is 0.736. The second-order valence-corrected chi connectivity index (χ2v) is 5.67. The van der Waals surface area contributed by atoms with Crippen molar-refractivity contribution in [3.63, 3.8) is 0 Å². The first-order chi connectivity index (χ1) is 8.16. The first-order valence-electron chi connectivity index (χ1n) is 4.97. The minimum absolute atomic E-state index is 0.173. The second-order valence-electron chi connectivity index (χ2n) is 3.45. The lowest BCUT2D eigenvalue weighted by molar-refractivity contribution is 0.425. The topological polar surface area (TPSA) is 40.5 Å². The van der Waals surface area contributed by atoms with Gasteiger partial charge in [-0.25, -0.2) is 4.39 Å². The van der Waals surface area contributed by atoms with Gasteiger partial charge in [0, 0.05) is 5.75 Å². The molecule has 17 heavy (non-hydrogen) atoms. The minimum Gasteiger partial charge on any atom is -0.423 e. The van der Waals surface area contributed by atoms with E-state index in [0.717, 1.165) is 10.3 Å². The monoisotopic (exact) mass is 268 g/mol. The Morgan fingerprint density at radius 3 is 2.71 bits per heavy atom. The highest BCUT2D eigenvalue weighted by Gasteiger charge is 2.13. The third-order valence-electron chi connectivity index (χ3n) is 2.24. The van der Waals surface area contributed by atoms with E-state index in [1.54, 1.807) is 29.2 Å². The molecular weight excluding hydrogens is 258 g/mol. The summed E-state index contributed by atoms with van der Waals surface area (Å²) in [6.45, 7) is 0. The van der Waals surface area contributed by atoms with E-state index in [-0.39, 0.29) is 5.46 Å². The van der Waals surface area contributed by atoms with Gasteiger partial charge in [0.2, 0.25) is 0 Å². The standard InChI is InChI=1S/C11H10BFO2S2/c13-10-6-9(12(14)15)4-3-8(10)7-17-11-2-1-5-16-11/h1-6,14-15H,7H2. The number of hydrogen-bond donors (Lipinski definition) is 2. The summed E-state index contributed by atoms with van der Waals surface area (Å²) in [6.07, 6.45) is 0. The van der Waals surface area contributed by atoms with Gasteiger partial charge in [0.15, 0.2) is 0 Å². The maximum atomic E-state index is 13.6. The highest BCUT2D eigenvalue weighted by Crippen LogP contribution is 2.27. The van der Waals surface area contributed by atoms with Crippen LogP contribution in [-0.2, 0) is 5.75 Å². The number of hydrogen-bond acceptors (Lipinski definition) is 4. The summed E-state index contributed by atoms with van der Waals surface area (Å²) in [5.74, 6) is 0.133. The highest BCUT2D eigenvalue weighted by molar-refractivity contribution is 8.00. The van der Waals surface area contributed by atoms with Gasteiger partial charge in [0.05, 0.1) is 4.21 Å². The van der Waals surface area contributed by atoms with E-state index in [9.17, 15) is 4.39 Å². The molecule has 88 valence electrons. The summed E-state index contributed by atoms with van der Waals surface area (Å²) in [7, 11) is -1.62. The molecule has 2 N–H and O–H groups in total. The van der Waals surface area contributed by atoms with Gasteiger partial charge in [0.25, 0.3) is 0 Å². The lowest BCUT2D eigenvalue weighted by atomic mass is 9.80. The molecule has 0 amide bonds. The molecule has 0 saturated heterocycles. The first kappa shape index (κ1) is 12.6. The van der Waals surface area contributed by atoms with Gasteiger partial charge < -0.3 is 10.0 Å². The van der Waals surface area contributed by atoms with Crippen LogP contribution in [0.4, 0.5) is 4.39 Å². The Balaban J connectivity index is 2.06. The predicted octanol–water partition coefficient (Wildman–Crippen LogP) is 1.86. The summed E-state index contributed by atoms with van der Waals surface area (Å²) >= 11 is 3.18. The maximum absolute atomic E-state index is 13.6. The van der Waals surface area contributed by atoms with Crippen LogP contribution in [0.1, 0.15) is 5.56 Å². The van der Waals surface area contributed by atoms with E-state index in [4.69, 9.17) is 10.0 Å². The Morgan fingerprint density at radius 2 is 2.12 bits per heavy atom. The molecule has 6 heteroatoms. The van der Waals surface area contributed by atoms with Gasteiger partial charge in [-0.05, 0) is 28.5 Å². The first-order valence-corrected chi connectivity index (χ1v) is 6.84. The van der Waals surface area contributed by atoms with E-state index in [2.05, 4.69) is 0 Å². The number of thioether (sulfide) groups is 1. The van der Waals surface area contributed by atoms with Gasteiger partial charge in [-0.3, -0.25) is 0 Å². The molecule has 0 radical (unpaired) electrons. The zero-order chi connectivity index (χ0) is 12.3. The van der Waals surface area contributed by atoms with Gasteiger partial charge >= 0.3 is 7.12 Å². The molecule has 0 bridgehead atoms.